The van der Waals surface area contributed by atoms with Gasteiger partial charge in [-0.3, -0.25) is 9.59 Å². The number of para-hydroxylation sites is 1. The van der Waals surface area contributed by atoms with Crippen LogP contribution in [0.1, 0.15) is 32.9 Å². The Morgan fingerprint density at radius 3 is 2.37 bits per heavy atom. The minimum Gasteiger partial charge on any atom is -0.317 e. The van der Waals surface area contributed by atoms with Gasteiger partial charge in [0.25, 0.3) is 11.7 Å². The maximum Gasteiger partial charge on any atom is 0.296 e. The Labute approximate surface area is 157 Å². The van der Waals surface area contributed by atoms with E-state index in [0.29, 0.717) is 11.3 Å². The number of aromatic nitrogens is 1. The zero-order valence-corrected chi connectivity index (χ0v) is 15.8. The van der Waals surface area contributed by atoms with Crippen LogP contribution in [-0.2, 0) is 4.79 Å². The highest BCUT2D eigenvalue weighted by atomic mass is 19.1. The van der Waals surface area contributed by atoms with Crippen molar-refractivity contribution in [1.82, 2.24) is 4.57 Å². The van der Waals surface area contributed by atoms with Crippen LogP contribution in [-0.4, -0.2) is 16.3 Å². The Hall–Kier alpha value is -3.21. The normalized spacial score (nSPS) is 10.7. The van der Waals surface area contributed by atoms with Gasteiger partial charge in [-0.05, 0) is 63.1 Å². The first kappa shape index (κ1) is 18.6. The number of benzene rings is 2. The highest BCUT2D eigenvalue weighted by Gasteiger charge is 2.23. The quantitative estimate of drug-likeness (QED) is 0.540. The van der Waals surface area contributed by atoms with Crippen molar-refractivity contribution in [3.63, 3.8) is 0 Å². The second-order valence-corrected chi connectivity index (χ2v) is 6.60. The van der Waals surface area contributed by atoms with Crippen molar-refractivity contribution in [2.45, 2.75) is 27.7 Å². The maximum atomic E-state index is 13.7. The molecule has 27 heavy (non-hydrogen) atoms. The SMILES string of the molecule is Cc1cccc(-n2c(C)cc(C(=O)C(=O)Nc3ccccc3F)c2C)c1C. The lowest BCUT2D eigenvalue weighted by atomic mass is 10.1. The molecule has 0 radical (unpaired) electrons. The highest BCUT2D eigenvalue weighted by Crippen LogP contribution is 2.25. The van der Waals surface area contributed by atoms with Crippen LogP contribution in [0.25, 0.3) is 5.69 Å². The molecule has 138 valence electrons. The second kappa shape index (κ2) is 7.19. The number of hydrogen-bond donors (Lipinski definition) is 1. The van der Waals surface area contributed by atoms with Gasteiger partial charge in [0.05, 0.1) is 5.69 Å². The summed E-state index contributed by atoms with van der Waals surface area (Å²) in [6, 6.07) is 13.4. The monoisotopic (exact) mass is 364 g/mol. The number of anilines is 1. The number of rotatable bonds is 4. The number of ketones is 1. The maximum absolute atomic E-state index is 13.7. The lowest BCUT2D eigenvalue weighted by Crippen LogP contribution is -2.24. The van der Waals surface area contributed by atoms with Gasteiger partial charge in [-0.2, -0.15) is 0 Å². The van der Waals surface area contributed by atoms with E-state index < -0.39 is 17.5 Å². The molecule has 4 nitrogen and oxygen atoms in total. The van der Waals surface area contributed by atoms with Gasteiger partial charge in [0.1, 0.15) is 5.82 Å². The summed E-state index contributed by atoms with van der Waals surface area (Å²) in [6.07, 6.45) is 0. The fourth-order valence-electron chi connectivity index (χ4n) is 3.21. The van der Waals surface area contributed by atoms with E-state index >= 15 is 0 Å². The van der Waals surface area contributed by atoms with Crippen molar-refractivity contribution in [2.24, 2.45) is 0 Å². The molecule has 0 aliphatic rings. The first-order chi connectivity index (χ1) is 12.8. The van der Waals surface area contributed by atoms with Gasteiger partial charge < -0.3 is 9.88 Å². The summed E-state index contributed by atoms with van der Waals surface area (Å²) in [5, 5.41) is 2.35. The number of aryl methyl sites for hydroxylation is 2. The minimum atomic E-state index is -0.860. The molecule has 0 saturated carbocycles. The van der Waals surface area contributed by atoms with E-state index in [1.54, 1.807) is 19.1 Å². The van der Waals surface area contributed by atoms with Crippen molar-refractivity contribution < 1.29 is 14.0 Å². The highest BCUT2D eigenvalue weighted by molar-refractivity contribution is 6.46. The molecule has 0 unspecified atom stereocenters. The first-order valence-electron chi connectivity index (χ1n) is 8.67. The van der Waals surface area contributed by atoms with Gasteiger partial charge in [0.15, 0.2) is 0 Å². The molecule has 1 amide bonds. The van der Waals surface area contributed by atoms with Crippen molar-refractivity contribution in [1.29, 1.82) is 0 Å². The Morgan fingerprint density at radius 2 is 1.67 bits per heavy atom. The number of amides is 1. The summed E-state index contributed by atoms with van der Waals surface area (Å²) in [5.74, 6) is -2.14. The number of carbonyl (C=O) groups is 2. The molecule has 3 aromatic rings. The molecule has 0 saturated heterocycles. The van der Waals surface area contributed by atoms with Crippen molar-refractivity contribution in [3.05, 3.63) is 82.4 Å². The topological polar surface area (TPSA) is 51.1 Å². The Balaban J connectivity index is 1.96. The molecule has 5 heteroatoms. The molecule has 0 bridgehead atoms. The lowest BCUT2D eigenvalue weighted by Gasteiger charge is -2.14. The van der Waals surface area contributed by atoms with E-state index in [2.05, 4.69) is 5.32 Å². The van der Waals surface area contributed by atoms with Gasteiger partial charge in [-0.15, -0.1) is 0 Å². The molecule has 0 fully saturated rings. The van der Waals surface area contributed by atoms with Crippen LogP contribution in [0.2, 0.25) is 0 Å². The van der Waals surface area contributed by atoms with Gasteiger partial charge in [-0.25, -0.2) is 4.39 Å². The third kappa shape index (κ3) is 3.40. The van der Waals surface area contributed by atoms with Crippen LogP contribution in [0.5, 0.6) is 0 Å². The van der Waals surface area contributed by atoms with E-state index in [0.717, 1.165) is 22.5 Å². The number of halogens is 1. The molecule has 2 aromatic carbocycles. The average molecular weight is 364 g/mol. The summed E-state index contributed by atoms with van der Waals surface area (Å²) in [7, 11) is 0. The summed E-state index contributed by atoms with van der Waals surface area (Å²) in [4.78, 5) is 25.0. The molecule has 1 N–H and O–H groups in total. The van der Waals surface area contributed by atoms with E-state index in [9.17, 15) is 14.0 Å². The van der Waals surface area contributed by atoms with Gasteiger partial charge in [-0.1, -0.05) is 24.3 Å². The molecule has 0 atom stereocenters. The minimum absolute atomic E-state index is 0.0146. The third-order valence-electron chi connectivity index (χ3n) is 4.82. The fourth-order valence-corrected chi connectivity index (χ4v) is 3.21. The predicted octanol–water partition coefficient (Wildman–Crippen LogP) is 4.67. The number of hydrogen-bond acceptors (Lipinski definition) is 2. The van der Waals surface area contributed by atoms with Crippen molar-refractivity contribution in [2.75, 3.05) is 5.32 Å². The third-order valence-corrected chi connectivity index (χ3v) is 4.82. The summed E-state index contributed by atoms with van der Waals surface area (Å²) >= 11 is 0. The molecule has 3 rings (SSSR count). The van der Waals surface area contributed by atoms with Crippen LogP contribution >= 0.6 is 0 Å². The predicted molar refractivity (Wildman–Crippen MR) is 104 cm³/mol. The molecule has 0 aliphatic heterocycles. The smallest absolute Gasteiger partial charge is 0.296 e. The van der Waals surface area contributed by atoms with Gasteiger partial charge in [0.2, 0.25) is 0 Å². The second-order valence-electron chi connectivity index (χ2n) is 6.60. The summed E-state index contributed by atoms with van der Waals surface area (Å²) < 4.78 is 15.7. The number of nitrogens with zero attached hydrogens (tertiary/aromatic N) is 1. The number of Topliss-reactive ketones (excluding diaryl/α,β-unsaturated/α-hetero) is 1. The van der Waals surface area contributed by atoms with Gasteiger partial charge in [0, 0.05) is 22.6 Å². The Kier molecular flexibility index (Phi) is 4.95. The van der Waals surface area contributed by atoms with Crippen molar-refractivity contribution in [3.8, 4) is 5.69 Å². The molecular formula is C22H21FN2O2. The first-order valence-corrected chi connectivity index (χ1v) is 8.67. The summed E-state index contributed by atoms with van der Waals surface area (Å²) in [6.45, 7) is 7.75. The van der Waals surface area contributed by atoms with Crippen LogP contribution in [0.3, 0.4) is 0 Å². The molecule has 1 heterocycles. The number of carbonyl (C=O) groups excluding carboxylic acids is 2. The van der Waals surface area contributed by atoms with Crippen LogP contribution < -0.4 is 5.32 Å². The molecule has 1 aromatic heterocycles. The Morgan fingerprint density at radius 1 is 0.963 bits per heavy atom. The fraction of sp³-hybridized carbons (Fsp3) is 0.182. The standard InChI is InChI=1S/C22H21FN2O2/c1-13-8-7-11-20(15(13)3)25-14(2)12-17(16(25)4)21(26)22(27)24-19-10-6-5-9-18(19)23/h5-12H,1-4H3,(H,24,27). The van der Waals surface area contributed by atoms with Crippen LogP contribution in [0, 0.1) is 33.5 Å². The largest absolute Gasteiger partial charge is 0.317 e. The van der Waals surface area contributed by atoms with Gasteiger partial charge >= 0.3 is 0 Å². The zero-order valence-electron chi connectivity index (χ0n) is 15.8. The number of nitrogens with one attached hydrogen (secondary N) is 1. The van der Waals surface area contributed by atoms with Crippen molar-refractivity contribution >= 4 is 17.4 Å². The molecule has 0 aliphatic carbocycles. The zero-order chi connectivity index (χ0) is 19.7. The average Bonchev–Trinajstić information content (AvgIpc) is 2.93. The lowest BCUT2D eigenvalue weighted by molar-refractivity contribution is -0.112. The van der Waals surface area contributed by atoms with E-state index in [1.165, 1.54) is 18.2 Å². The molecular weight excluding hydrogens is 343 g/mol. The van der Waals surface area contributed by atoms with Crippen LogP contribution in [0.15, 0.2) is 48.5 Å². The Bertz CT molecular complexity index is 1050. The van der Waals surface area contributed by atoms with E-state index in [1.807, 2.05) is 43.5 Å². The summed E-state index contributed by atoms with van der Waals surface area (Å²) in [5.41, 5.74) is 5.04. The van der Waals surface area contributed by atoms with E-state index in [4.69, 9.17) is 0 Å². The molecule has 0 spiro atoms. The van der Waals surface area contributed by atoms with E-state index in [-0.39, 0.29) is 5.69 Å². The van der Waals surface area contributed by atoms with Crippen LogP contribution in [0.4, 0.5) is 10.1 Å².